The van der Waals surface area contributed by atoms with Crippen molar-refractivity contribution in [3.8, 4) is 0 Å². The first kappa shape index (κ1) is 34.5. The number of aliphatic imine (C=N–C) groups is 2. The van der Waals surface area contributed by atoms with Crippen molar-refractivity contribution < 1.29 is 28.9 Å². The minimum atomic E-state index is -0.648. The summed E-state index contributed by atoms with van der Waals surface area (Å²) in [5.74, 6) is -0.688. The molecule has 3 fully saturated rings. The van der Waals surface area contributed by atoms with Gasteiger partial charge in [0.15, 0.2) is 0 Å². The molecule has 8 nitrogen and oxygen atoms in total. The first-order valence-electron chi connectivity index (χ1n) is 17.7. The Bertz CT molecular complexity index is 1270. The van der Waals surface area contributed by atoms with Crippen LogP contribution in [0.1, 0.15) is 104 Å². The van der Waals surface area contributed by atoms with E-state index >= 15 is 0 Å². The van der Waals surface area contributed by atoms with E-state index in [1.165, 1.54) is 36.8 Å². The summed E-state index contributed by atoms with van der Waals surface area (Å²) < 4.78 is 17.2. The average molecular weight is 635 g/mol. The quantitative estimate of drug-likeness (QED) is 0.0878. The van der Waals surface area contributed by atoms with Crippen LogP contribution in [0.15, 0.2) is 57.6 Å². The normalized spacial score (nSPS) is 37.5. The molecule has 0 saturated carbocycles. The summed E-state index contributed by atoms with van der Waals surface area (Å²) in [5, 5.41) is 10.7. The Morgan fingerprint density at radius 2 is 1.35 bits per heavy atom. The molecule has 3 saturated heterocycles. The monoisotopic (exact) mass is 634 g/mol. The molecule has 8 heteroatoms. The van der Waals surface area contributed by atoms with Crippen molar-refractivity contribution >= 4 is 24.4 Å². The van der Waals surface area contributed by atoms with Crippen LogP contribution in [-0.2, 0) is 23.8 Å². The highest BCUT2D eigenvalue weighted by molar-refractivity contribution is 5.91. The summed E-state index contributed by atoms with van der Waals surface area (Å²) in [6.07, 6.45) is 21.1. The second kappa shape index (κ2) is 15.8. The largest absolute Gasteiger partial charge is 0.456 e. The number of nitrogens with zero attached hydrogens (tertiary/aromatic N) is 2. The van der Waals surface area contributed by atoms with Crippen LogP contribution in [0.5, 0.6) is 0 Å². The zero-order chi connectivity index (χ0) is 32.7. The maximum absolute atomic E-state index is 12.2. The van der Waals surface area contributed by atoms with Crippen LogP contribution in [0.4, 0.5) is 0 Å². The molecule has 5 rings (SSSR count). The van der Waals surface area contributed by atoms with Gasteiger partial charge in [-0.25, -0.2) is 9.59 Å². The maximum atomic E-state index is 12.2. The highest BCUT2D eigenvalue weighted by Gasteiger charge is 2.61. The van der Waals surface area contributed by atoms with Gasteiger partial charge in [-0.15, -0.1) is 0 Å². The van der Waals surface area contributed by atoms with Crippen LogP contribution in [0.2, 0.25) is 0 Å². The van der Waals surface area contributed by atoms with Gasteiger partial charge in [-0.05, 0) is 88.2 Å². The molecule has 3 aliphatic heterocycles. The molecule has 0 aromatic heterocycles. The van der Waals surface area contributed by atoms with Gasteiger partial charge in [0.1, 0.15) is 18.3 Å². The Morgan fingerprint density at radius 3 is 1.96 bits per heavy atom. The van der Waals surface area contributed by atoms with E-state index < -0.39 is 12.2 Å². The van der Waals surface area contributed by atoms with E-state index in [0.717, 1.165) is 77.3 Å². The number of hydrogen-bond donors (Lipinski definition) is 1. The summed E-state index contributed by atoms with van der Waals surface area (Å²) in [6, 6.07) is 0. The van der Waals surface area contributed by atoms with Crippen molar-refractivity contribution in [1.82, 2.24) is 0 Å². The van der Waals surface area contributed by atoms with Crippen LogP contribution in [0.3, 0.4) is 0 Å². The number of epoxide rings is 1. The number of esters is 2. The molecule has 0 aromatic carbocycles. The minimum Gasteiger partial charge on any atom is -0.456 e. The third-order valence-electron chi connectivity index (χ3n) is 10.8. The molecular weight excluding hydrogens is 580 g/mol. The molecule has 8 atom stereocenters. The van der Waals surface area contributed by atoms with Crippen molar-refractivity contribution in [2.45, 2.75) is 134 Å². The van der Waals surface area contributed by atoms with Crippen LogP contribution in [0.25, 0.3) is 0 Å². The number of ether oxygens (including phenoxy) is 3. The minimum absolute atomic E-state index is 0.00588. The van der Waals surface area contributed by atoms with E-state index in [1.54, 1.807) is 0 Å². The van der Waals surface area contributed by atoms with E-state index in [4.69, 9.17) is 24.2 Å². The lowest BCUT2D eigenvalue weighted by atomic mass is 9.82. The van der Waals surface area contributed by atoms with Crippen LogP contribution >= 0.6 is 0 Å². The van der Waals surface area contributed by atoms with Gasteiger partial charge in [0.2, 0.25) is 0 Å². The fraction of sp³-hybridized carbons (Fsp3) is 0.684. The number of unbranched alkanes of at least 4 members (excludes halogenated alkanes) is 5. The van der Waals surface area contributed by atoms with E-state index in [-0.39, 0.29) is 47.5 Å². The molecule has 0 radical (unpaired) electrons. The van der Waals surface area contributed by atoms with Crippen molar-refractivity contribution in [2.75, 3.05) is 13.1 Å². The number of allylic oxidation sites excluding steroid dienone is 4. The fourth-order valence-electron chi connectivity index (χ4n) is 7.52. The summed E-state index contributed by atoms with van der Waals surface area (Å²) >= 11 is 0. The molecule has 0 unspecified atom stereocenters. The van der Waals surface area contributed by atoms with E-state index in [9.17, 15) is 14.7 Å². The zero-order valence-corrected chi connectivity index (χ0v) is 28.0. The Balaban J connectivity index is 0.952. The number of fused-ring (bicyclic) bond motifs is 4. The van der Waals surface area contributed by atoms with E-state index in [1.807, 2.05) is 19.4 Å². The molecule has 0 amide bonds. The lowest BCUT2D eigenvalue weighted by molar-refractivity contribution is -0.146. The summed E-state index contributed by atoms with van der Waals surface area (Å²) in [6.45, 7) is 13.8. The standard InChI is InChI=1S/C38H54N2O6/c1-25-13-11-14-28(16-18-30-26(2)36(42)44-33(30)32(25)41)23-39-21-9-7-5-6-8-10-22-40-24-29-15-12-20-38(4)35(46-38)34-31(19-17-29)27(3)37(43)45-34/h14-15,23-25,30-35,41H,2-3,5-13,16-22H2,1,4H3/b28-14+,29-15+,39-23?,40-24?/t25-,30-,31-,32+,33-,34-,35-,38+/m0/s1. The van der Waals surface area contributed by atoms with E-state index in [0.29, 0.717) is 11.1 Å². The molecule has 252 valence electrons. The Labute approximate surface area is 275 Å². The first-order chi connectivity index (χ1) is 22.2. The number of aliphatic hydroxyl groups excluding tert-OH is 1. The van der Waals surface area contributed by atoms with Gasteiger partial charge in [0, 0.05) is 48.5 Å². The zero-order valence-electron chi connectivity index (χ0n) is 28.0. The fourth-order valence-corrected chi connectivity index (χ4v) is 7.52. The van der Waals surface area contributed by atoms with Crippen molar-refractivity contribution in [3.05, 3.63) is 47.6 Å². The average Bonchev–Trinajstić information content (AvgIpc) is 3.51. The topological polar surface area (TPSA) is 110 Å². The summed E-state index contributed by atoms with van der Waals surface area (Å²) in [7, 11) is 0. The number of aliphatic hydroxyl groups is 1. The smallest absolute Gasteiger partial charge is 0.334 e. The van der Waals surface area contributed by atoms with E-state index in [2.05, 4.69) is 32.2 Å². The molecule has 0 spiro atoms. The third-order valence-corrected chi connectivity index (χ3v) is 10.8. The molecule has 46 heavy (non-hydrogen) atoms. The third kappa shape index (κ3) is 8.54. The lowest BCUT2D eigenvalue weighted by Gasteiger charge is -2.28. The second-order valence-electron chi connectivity index (χ2n) is 14.3. The summed E-state index contributed by atoms with van der Waals surface area (Å²) in [5.41, 5.74) is 3.31. The number of rotatable bonds is 11. The second-order valence-corrected chi connectivity index (χ2v) is 14.3. The van der Waals surface area contributed by atoms with Crippen LogP contribution in [0, 0.1) is 17.8 Å². The Hall–Kier alpha value is -2.84. The highest BCUT2D eigenvalue weighted by atomic mass is 16.6. The lowest BCUT2D eigenvalue weighted by Crippen LogP contribution is -2.36. The number of carbonyl (C=O) groups is 2. The van der Waals surface area contributed by atoms with Crippen molar-refractivity contribution in [3.63, 3.8) is 0 Å². The van der Waals surface area contributed by atoms with Gasteiger partial charge < -0.3 is 19.3 Å². The maximum Gasteiger partial charge on any atom is 0.334 e. The van der Waals surface area contributed by atoms with Gasteiger partial charge in [-0.3, -0.25) is 9.98 Å². The van der Waals surface area contributed by atoms with Crippen molar-refractivity contribution in [1.29, 1.82) is 0 Å². The Morgan fingerprint density at radius 1 is 0.826 bits per heavy atom. The molecule has 0 aromatic rings. The molecule has 0 bridgehead atoms. The SMILES string of the molecule is C=C1C(=O)O[C@@H]2[C@H](O)[C@@H](C)CC/C=C(/C=NCCCCCCCCN=C/C3=C/CC[C@@]4(C)O[C@H]4[C@H]4OC(=O)C(=C)[C@@H]4CC3)CC[C@@H]12. The van der Waals surface area contributed by atoms with Crippen molar-refractivity contribution in [2.24, 2.45) is 27.7 Å². The number of carbonyl (C=O) groups excluding carboxylic acids is 2. The molecule has 2 aliphatic carbocycles. The Kier molecular flexibility index (Phi) is 11.9. The first-order valence-corrected chi connectivity index (χ1v) is 17.7. The molecule has 3 heterocycles. The molecular formula is C38H54N2O6. The number of hydrogen-bond acceptors (Lipinski definition) is 8. The van der Waals surface area contributed by atoms with Gasteiger partial charge >= 0.3 is 11.9 Å². The van der Waals surface area contributed by atoms with Gasteiger partial charge in [-0.2, -0.15) is 0 Å². The van der Waals surface area contributed by atoms with Crippen LogP contribution < -0.4 is 0 Å². The molecule has 1 N–H and O–H groups in total. The highest BCUT2D eigenvalue weighted by Crippen LogP contribution is 2.49. The van der Waals surface area contributed by atoms with Gasteiger partial charge in [0.25, 0.3) is 0 Å². The van der Waals surface area contributed by atoms with Gasteiger partial charge in [0.05, 0.1) is 11.7 Å². The molecule has 5 aliphatic rings. The predicted molar refractivity (Wildman–Crippen MR) is 181 cm³/mol. The van der Waals surface area contributed by atoms with Gasteiger partial charge in [-0.1, -0.05) is 57.9 Å². The summed E-state index contributed by atoms with van der Waals surface area (Å²) in [4.78, 5) is 33.8. The predicted octanol–water partition coefficient (Wildman–Crippen LogP) is 6.82. The van der Waals surface area contributed by atoms with Crippen LogP contribution in [-0.4, -0.2) is 72.6 Å².